The molecule has 21 heavy (non-hydrogen) atoms. The highest BCUT2D eigenvalue weighted by molar-refractivity contribution is 6.35. The van der Waals surface area contributed by atoms with Gasteiger partial charge in [-0.2, -0.15) is 0 Å². The molecule has 2 aromatic rings. The van der Waals surface area contributed by atoms with Crippen molar-refractivity contribution in [1.82, 2.24) is 0 Å². The Morgan fingerprint density at radius 3 is 2.48 bits per heavy atom. The largest absolute Gasteiger partial charge is 0.491 e. The fourth-order valence-electron chi connectivity index (χ4n) is 1.83. The van der Waals surface area contributed by atoms with Crippen LogP contribution < -0.4 is 10.1 Å². The predicted molar refractivity (Wildman–Crippen MR) is 90.6 cm³/mol. The molecule has 2 aromatic carbocycles. The predicted octanol–water partition coefficient (Wildman–Crippen LogP) is 5.78. The quantitative estimate of drug-likeness (QED) is 0.727. The second-order valence-electron chi connectivity index (χ2n) is 4.96. The molecule has 1 unspecified atom stereocenters. The highest BCUT2D eigenvalue weighted by Crippen LogP contribution is 2.26. The molecule has 0 spiro atoms. The van der Waals surface area contributed by atoms with Crippen molar-refractivity contribution in [3.05, 3.63) is 58.1 Å². The van der Waals surface area contributed by atoms with Gasteiger partial charge in [-0.3, -0.25) is 0 Å². The molecule has 0 saturated heterocycles. The van der Waals surface area contributed by atoms with Crippen LogP contribution in [0.1, 0.15) is 25.8 Å². The average molecular weight is 324 g/mol. The van der Waals surface area contributed by atoms with Crippen molar-refractivity contribution >= 4 is 28.9 Å². The summed E-state index contributed by atoms with van der Waals surface area (Å²) in [6, 6.07) is 13.5. The Labute approximate surface area is 136 Å². The van der Waals surface area contributed by atoms with Gasteiger partial charge in [0.2, 0.25) is 0 Å². The van der Waals surface area contributed by atoms with Crippen LogP contribution in [0.3, 0.4) is 0 Å². The van der Waals surface area contributed by atoms with Gasteiger partial charge in [-0.25, -0.2) is 0 Å². The summed E-state index contributed by atoms with van der Waals surface area (Å²) >= 11 is 12.1. The van der Waals surface area contributed by atoms with Crippen LogP contribution in [-0.2, 0) is 6.54 Å². The van der Waals surface area contributed by atoms with Gasteiger partial charge < -0.3 is 10.1 Å². The smallest absolute Gasteiger partial charge is 0.119 e. The van der Waals surface area contributed by atoms with Gasteiger partial charge >= 0.3 is 0 Å². The van der Waals surface area contributed by atoms with Gasteiger partial charge in [0, 0.05) is 11.6 Å². The van der Waals surface area contributed by atoms with Crippen LogP contribution in [0.4, 0.5) is 5.69 Å². The van der Waals surface area contributed by atoms with Gasteiger partial charge in [0.15, 0.2) is 0 Å². The van der Waals surface area contributed by atoms with Gasteiger partial charge in [-0.15, -0.1) is 0 Å². The lowest BCUT2D eigenvalue weighted by Gasteiger charge is -2.13. The van der Waals surface area contributed by atoms with Crippen LogP contribution in [0.2, 0.25) is 10.0 Å². The van der Waals surface area contributed by atoms with Crippen LogP contribution in [0.15, 0.2) is 42.5 Å². The monoisotopic (exact) mass is 323 g/mol. The van der Waals surface area contributed by atoms with Gasteiger partial charge in [-0.1, -0.05) is 42.3 Å². The molecule has 0 bridgehead atoms. The molecule has 2 nitrogen and oxygen atoms in total. The Bertz CT molecular complexity index is 584. The minimum Gasteiger partial charge on any atom is -0.491 e. The lowest BCUT2D eigenvalue weighted by Crippen LogP contribution is -2.09. The minimum atomic E-state index is 0.235. The van der Waals surface area contributed by atoms with Crippen molar-refractivity contribution in [3.63, 3.8) is 0 Å². The standard InChI is InChI=1S/C17H19Cl2NO/c1-3-12(2)21-15-7-4-13(5-8-15)11-20-17-10-14(18)6-9-16(17)19/h4-10,12,20H,3,11H2,1-2H3. The highest BCUT2D eigenvalue weighted by atomic mass is 35.5. The summed E-state index contributed by atoms with van der Waals surface area (Å²) in [7, 11) is 0. The van der Waals surface area contributed by atoms with Crippen LogP contribution >= 0.6 is 23.2 Å². The summed E-state index contributed by atoms with van der Waals surface area (Å²) in [4.78, 5) is 0. The van der Waals surface area contributed by atoms with E-state index >= 15 is 0 Å². The first-order valence-corrected chi connectivity index (χ1v) is 7.78. The summed E-state index contributed by atoms with van der Waals surface area (Å²) in [5, 5.41) is 4.61. The van der Waals surface area contributed by atoms with Crippen LogP contribution in [0.25, 0.3) is 0 Å². The Hall–Kier alpha value is -1.38. The lowest BCUT2D eigenvalue weighted by molar-refractivity contribution is 0.217. The Morgan fingerprint density at radius 1 is 1.10 bits per heavy atom. The summed E-state index contributed by atoms with van der Waals surface area (Å²) < 4.78 is 5.76. The number of benzene rings is 2. The van der Waals surface area contributed by atoms with E-state index in [1.807, 2.05) is 30.3 Å². The number of anilines is 1. The fourth-order valence-corrected chi connectivity index (χ4v) is 2.19. The van der Waals surface area contributed by atoms with E-state index in [0.717, 1.165) is 23.4 Å². The molecule has 1 N–H and O–H groups in total. The summed E-state index contributed by atoms with van der Waals surface area (Å²) in [5.41, 5.74) is 1.99. The molecule has 0 heterocycles. The topological polar surface area (TPSA) is 21.3 Å². The second kappa shape index (κ2) is 7.58. The molecule has 0 radical (unpaired) electrons. The highest BCUT2D eigenvalue weighted by Gasteiger charge is 2.03. The molecule has 0 fully saturated rings. The number of rotatable bonds is 6. The van der Waals surface area contributed by atoms with E-state index in [1.165, 1.54) is 0 Å². The Balaban J connectivity index is 1.96. The third-order valence-electron chi connectivity index (χ3n) is 3.25. The first-order chi connectivity index (χ1) is 10.1. The van der Waals surface area contributed by atoms with E-state index in [0.29, 0.717) is 16.6 Å². The zero-order chi connectivity index (χ0) is 15.2. The zero-order valence-electron chi connectivity index (χ0n) is 12.2. The van der Waals surface area contributed by atoms with E-state index in [1.54, 1.807) is 12.1 Å². The lowest BCUT2D eigenvalue weighted by atomic mass is 10.2. The van der Waals surface area contributed by atoms with Crippen molar-refractivity contribution in [2.45, 2.75) is 32.9 Å². The van der Waals surface area contributed by atoms with Crippen molar-refractivity contribution in [2.24, 2.45) is 0 Å². The number of halogens is 2. The van der Waals surface area contributed by atoms with E-state index in [2.05, 4.69) is 19.2 Å². The van der Waals surface area contributed by atoms with E-state index in [4.69, 9.17) is 27.9 Å². The molecule has 112 valence electrons. The van der Waals surface area contributed by atoms with E-state index in [9.17, 15) is 0 Å². The minimum absolute atomic E-state index is 0.235. The zero-order valence-corrected chi connectivity index (χ0v) is 13.7. The van der Waals surface area contributed by atoms with Gasteiger partial charge in [0.25, 0.3) is 0 Å². The molecule has 0 aliphatic heterocycles. The molecular weight excluding hydrogens is 305 g/mol. The van der Waals surface area contributed by atoms with Gasteiger partial charge in [0.1, 0.15) is 5.75 Å². The second-order valence-corrected chi connectivity index (χ2v) is 5.80. The molecule has 0 aromatic heterocycles. The number of ether oxygens (including phenoxy) is 1. The summed E-state index contributed by atoms with van der Waals surface area (Å²) in [6.45, 7) is 4.86. The maximum atomic E-state index is 6.12. The molecule has 0 saturated carbocycles. The van der Waals surface area contributed by atoms with Gasteiger partial charge in [-0.05, 0) is 49.2 Å². The van der Waals surface area contributed by atoms with Crippen LogP contribution in [0.5, 0.6) is 5.75 Å². The van der Waals surface area contributed by atoms with E-state index < -0.39 is 0 Å². The first kappa shape index (κ1) is 16.0. The molecule has 0 aliphatic carbocycles. The van der Waals surface area contributed by atoms with Crippen LogP contribution in [0, 0.1) is 0 Å². The average Bonchev–Trinajstić information content (AvgIpc) is 2.49. The van der Waals surface area contributed by atoms with Crippen molar-refractivity contribution in [2.75, 3.05) is 5.32 Å². The summed E-state index contributed by atoms with van der Waals surface area (Å²) in [5.74, 6) is 0.897. The van der Waals surface area contributed by atoms with Crippen molar-refractivity contribution in [3.8, 4) is 5.75 Å². The fraction of sp³-hybridized carbons (Fsp3) is 0.294. The molecule has 1 atom stereocenters. The normalized spacial score (nSPS) is 12.0. The molecule has 0 aliphatic rings. The molecule has 2 rings (SSSR count). The Kier molecular flexibility index (Phi) is 5.77. The number of nitrogens with one attached hydrogen (secondary N) is 1. The van der Waals surface area contributed by atoms with Crippen molar-refractivity contribution in [1.29, 1.82) is 0 Å². The maximum absolute atomic E-state index is 6.12. The van der Waals surface area contributed by atoms with Crippen LogP contribution in [-0.4, -0.2) is 6.10 Å². The third-order valence-corrected chi connectivity index (χ3v) is 3.81. The SMILES string of the molecule is CCC(C)Oc1ccc(CNc2cc(Cl)ccc2Cl)cc1. The Morgan fingerprint density at radius 2 is 1.81 bits per heavy atom. The molecule has 4 heteroatoms. The number of hydrogen-bond donors (Lipinski definition) is 1. The van der Waals surface area contributed by atoms with Crippen molar-refractivity contribution < 1.29 is 4.74 Å². The van der Waals surface area contributed by atoms with Gasteiger partial charge in [0.05, 0.1) is 16.8 Å². The number of hydrogen-bond acceptors (Lipinski definition) is 2. The molecule has 0 amide bonds. The first-order valence-electron chi connectivity index (χ1n) is 7.03. The molecular formula is C17H19Cl2NO. The third kappa shape index (κ3) is 4.83. The summed E-state index contributed by atoms with van der Waals surface area (Å²) in [6.07, 6.45) is 1.23. The van der Waals surface area contributed by atoms with E-state index in [-0.39, 0.29) is 6.10 Å². The maximum Gasteiger partial charge on any atom is 0.119 e.